The Balaban J connectivity index is 1.37. The number of benzene rings is 1. The van der Waals surface area contributed by atoms with E-state index in [9.17, 15) is 24.3 Å². The highest BCUT2D eigenvalue weighted by atomic mass is 35.5. The average Bonchev–Trinajstić information content (AvgIpc) is 3.78. The van der Waals surface area contributed by atoms with Crippen molar-refractivity contribution in [3.63, 3.8) is 0 Å². The molecule has 318 valence electrons. The summed E-state index contributed by atoms with van der Waals surface area (Å²) in [6, 6.07) is 2.99. The van der Waals surface area contributed by atoms with Gasteiger partial charge in [-0.2, -0.15) is 0 Å². The van der Waals surface area contributed by atoms with Gasteiger partial charge in [-0.3, -0.25) is 24.6 Å². The second-order valence-electron chi connectivity index (χ2n) is 16.1. The first kappa shape index (κ1) is 44.9. The highest BCUT2D eigenvalue weighted by molar-refractivity contribution is 6.35. The lowest BCUT2D eigenvalue weighted by Gasteiger charge is -2.42. The van der Waals surface area contributed by atoms with Gasteiger partial charge in [0.25, 0.3) is 5.91 Å². The number of nitrogens with one attached hydrogen (secondary N) is 1. The van der Waals surface area contributed by atoms with Gasteiger partial charge in [-0.15, -0.1) is 0 Å². The summed E-state index contributed by atoms with van der Waals surface area (Å²) in [5.41, 5.74) is -0.0498. The molecule has 4 aliphatic rings. The molecule has 0 spiro atoms. The van der Waals surface area contributed by atoms with Crippen molar-refractivity contribution in [3.8, 4) is 5.75 Å². The van der Waals surface area contributed by atoms with Crippen molar-refractivity contribution < 1.29 is 48.0 Å². The minimum atomic E-state index is -1.81. The first-order valence-corrected chi connectivity index (χ1v) is 20.3. The molecule has 4 aliphatic heterocycles. The van der Waals surface area contributed by atoms with Crippen molar-refractivity contribution in [2.45, 2.75) is 114 Å². The van der Waals surface area contributed by atoms with E-state index in [1.54, 1.807) is 44.0 Å². The second-order valence-corrected chi connectivity index (χ2v) is 16.5. The molecule has 4 bridgehead atoms. The van der Waals surface area contributed by atoms with Gasteiger partial charge in [0.2, 0.25) is 5.91 Å². The van der Waals surface area contributed by atoms with E-state index in [4.69, 9.17) is 35.3 Å². The van der Waals surface area contributed by atoms with E-state index in [-0.39, 0.29) is 29.7 Å². The van der Waals surface area contributed by atoms with E-state index in [0.717, 1.165) is 36.8 Å². The number of hydrogen-bond donors (Lipinski definition) is 2. The Morgan fingerprint density at radius 1 is 1.17 bits per heavy atom. The molecule has 0 radical (unpaired) electrons. The number of halogens is 1. The summed E-state index contributed by atoms with van der Waals surface area (Å²) in [7, 11) is 6.42. The van der Waals surface area contributed by atoms with Gasteiger partial charge in [0, 0.05) is 44.8 Å². The van der Waals surface area contributed by atoms with Gasteiger partial charge in [0.1, 0.15) is 40.7 Å². The molecule has 1 aromatic rings. The molecule has 4 heterocycles. The number of esters is 1. The molecule has 2 saturated heterocycles. The molecule has 1 aromatic carbocycles. The van der Waals surface area contributed by atoms with Crippen LogP contribution in [-0.2, 0) is 39.8 Å². The van der Waals surface area contributed by atoms with Crippen LogP contribution in [0.2, 0.25) is 5.02 Å². The summed E-state index contributed by atoms with van der Waals surface area (Å²) < 4.78 is 29.5. The van der Waals surface area contributed by atoms with E-state index in [1.165, 1.54) is 25.2 Å². The van der Waals surface area contributed by atoms with Crippen LogP contribution in [0.1, 0.15) is 71.8 Å². The van der Waals surface area contributed by atoms with E-state index < -0.39 is 59.8 Å². The van der Waals surface area contributed by atoms with Crippen LogP contribution in [0.5, 0.6) is 5.75 Å². The Morgan fingerprint density at radius 3 is 2.57 bits per heavy atom. The van der Waals surface area contributed by atoms with Gasteiger partial charge in [-0.05, 0) is 77.4 Å². The molecule has 7 unspecified atom stereocenters. The van der Waals surface area contributed by atoms with Gasteiger partial charge < -0.3 is 38.6 Å². The number of carbonyl (C=O) groups excluding carboxylic acids is 4. The lowest BCUT2D eigenvalue weighted by molar-refractivity contribution is -0.159. The van der Waals surface area contributed by atoms with Gasteiger partial charge in [0.05, 0.1) is 25.3 Å². The third-order valence-corrected chi connectivity index (χ3v) is 12.3. The summed E-state index contributed by atoms with van der Waals surface area (Å²) >= 11 is 6.80. The molecule has 14 nitrogen and oxygen atoms in total. The zero-order valence-electron chi connectivity index (χ0n) is 34.9. The molecule has 2 N–H and O–H groups in total. The number of hydrogen-bond acceptors (Lipinski definition) is 11. The van der Waals surface area contributed by atoms with E-state index in [0.29, 0.717) is 36.6 Å². The number of nitrogens with zero attached hydrogens (tertiary/aromatic N) is 3. The average molecular weight is 827 g/mol. The van der Waals surface area contributed by atoms with Crippen LogP contribution >= 0.6 is 11.6 Å². The topological polar surface area (TPSA) is 160 Å². The third-order valence-electron chi connectivity index (χ3n) is 11.9. The minimum absolute atomic E-state index is 0.0254. The van der Waals surface area contributed by atoms with E-state index in [2.05, 4.69) is 11.9 Å². The minimum Gasteiger partial charge on any atom is -0.495 e. The number of rotatable bonds is 12. The Labute approximate surface area is 346 Å². The normalized spacial score (nSPS) is 30.9. The van der Waals surface area contributed by atoms with Crippen molar-refractivity contribution >= 4 is 41.2 Å². The Morgan fingerprint density at radius 2 is 1.90 bits per heavy atom. The molecular formula is C43H59ClN4O10. The van der Waals surface area contributed by atoms with E-state index in [1.807, 2.05) is 44.0 Å². The van der Waals surface area contributed by atoms with Crippen molar-refractivity contribution in [1.29, 1.82) is 0 Å². The highest BCUT2D eigenvalue weighted by Crippen LogP contribution is 2.49. The predicted molar refractivity (Wildman–Crippen MR) is 219 cm³/mol. The van der Waals surface area contributed by atoms with E-state index >= 15 is 0 Å². The number of ether oxygens (including phenoxy) is 5. The number of likely N-dealkylation sites (N-methyl/N-ethyl adjacent to an activating group) is 1. The van der Waals surface area contributed by atoms with Gasteiger partial charge in [-0.25, -0.2) is 4.79 Å². The molecule has 8 atom stereocenters. The van der Waals surface area contributed by atoms with Gasteiger partial charge in [-0.1, -0.05) is 61.7 Å². The Bertz CT molecular complexity index is 1820. The van der Waals surface area contributed by atoms with Crippen LogP contribution in [-0.4, -0.2) is 122 Å². The van der Waals surface area contributed by atoms with Crippen LogP contribution < -0.4 is 15.0 Å². The fourth-order valence-electron chi connectivity index (χ4n) is 7.95. The maximum atomic E-state index is 14.2. The first-order chi connectivity index (χ1) is 27.4. The van der Waals surface area contributed by atoms with Crippen molar-refractivity contribution in [1.82, 2.24) is 15.1 Å². The number of fused-ring (bicyclic) bond motifs is 5. The Kier molecular flexibility index (Phi) is 14.5. The van der Waals surface area contributed by atoms with Crippen LogP contribution in [0, 0.1) is 5.92 Å². The van der Waals surface area contributed by atoms with Crippen molar-refractivity contribution in [3.05, 3.63) is 70.9 Å². The molecular weight excluding hydrogens is 768 g/mol. The molecule has 0 aliphatic carbocycles. The SMILES string of the molecule is C=C1C=CC(=O)N1CCCCCCN(C)[C@@H](C)C(=O)OC1CC(=O)N(C)c2cc(cc(OC)c2Cl)C/C(C)=C/C=C/C(OC)C2(O)CC(OC(=O)N2)C(C)C2OC12C. The van der Waals surface area contributed by atoms with Crippen LogP contribution in [0.15, 0.2) is 60.4 Å². The smallest absolute Gasteiger partial charge is 0.409 e. The van der Waals surface area contributed by atoms with Gasteiger partial charge in [0.15, 0.2) is 5.72 Å². The van der Waals surface area contributed by atoms with Crippen LogP contribution in [0.25, 0.3) is 0 Å². The molecule has 0 aromatic heterocycles. The zero-order valence-corrected chi connectivity index (χ0v) is 35.7. The summed E-state index contributed by atoms with van der Waals surface area (Å²) in [6.07, 6.45) is 8.05. The standard InChI is InChI=1S/C43H59ClN4O10/c1-26-15-14-16-34(55-9)43(53)25-33(56-41(52)45-43)28(3)39-42(5,58-39)35(24-37(50)47(7)31-22-30(21-26)23-32(54-8)38(31)44)57-40(51)29(4)46(6)19-12-10-11-13-20-48-27(2)17-18-36(48)49/h14-18,22-23,28-29,33-35,39,53H,2,10-13,19-21,24-25H2,1,3-9H3,(H,45,52)/b16-14+,26-15+/t28?,29-,33?,34?,35?,39?,42?,43?/m0/s1. The fraction of sp³-hybridized carbons (Fsp3) is 0.581. The lowest BCUT2D eigenvalue weighted by Crippen LogP contribution is -2.63. The fourth-order valence-corrected chi connectivity index (χ4v) is 8.26. The number of alkyl carbamates (subject to hydrolysis) is 1. The molecule has 0 saturated carbocycles. The van der Waals surface area contributed by atoms with Crippen LogP contribution in [0.4, 0.5) is 10.5 Å². The lowest BCUT2D eigenvalue weighted by atomic mass is 9.83. The third kappa shape index (κ3) is 10.1. The predicted octanol–water partition coefficient (Wildman–Crippen LogP) is 5.46. The second kappa shape index (κ2) is 18.8. The Hall–Kier alpha value is -4.21. The maximum absolute atomic E-state index is 14.2. The maximum Gasteiger partial charge on any atom is 0.409 e. The summed E-state index contributed by atoms with van der Waals surface area (Å²) in [5, 5.41) is 14.6. The summed E-state index contributed by atoms with van der Waals surface area (Å²) in [4.78, 5) is 58.0. The number of carbonyl (C=O) groups is 4. The van der Waals surface area contributed by atoms with Crippen molar-refractivity contribution in [2.75, 3.05) is 46.3 Å². The number of allylic oxidation sites excluding steroid dienone is 4. The molecule has 5 rings (SSSR count). The van der Waals surface area contributed by atoms with Gasteiger partial charge >= 0.3 is 12.1 Å². The monoisotopic (exact) mass is 826 g/mol. The molecule has 2 fully saturated rings. The van der Waals surface area contributed by atoms with Crippen molar-refractivity contribution in [2.24, 2.45) is 5.92 Å². The number of epoxide rings is 1. The number of methoxy groups -OCH3 is 2. The molecule has 15 heteroatoms. The highest BCUT2D eigenvalue weighted by Gasteiger charge is 2.64. The quantitative estimate of drug-likeness (QED) is 0.157. The largest absolute Gasteiger partial charge is 0.495 e. The number of unbranched alkanes of at least 4 members (excludes halogenated alkanes) is 3. The first-order valence-electron chi connectivity index (χ1n) is 19.9. The number of aliphatic hydroxyl groups is 1. The molecule has 58 heavy (non-hydrogen) atoms. The van der Waals surface area contributed by atoms with Crippen LogP contribution in [0.3, 0.4) is 0 Å². The summed E-state index contributed by atoms with van der Waals surface area (Å²) in [6.45, 7) is 12.5. The molecule has 3 amide bonds. The number of amides is 3. The number of anilines is 1. The zero-order chi connectivity index (χ0) is 42.5. The summed E-state index contributed by atoms with van der Waals surface area (Å²) in [5.74, 6) is -1.04.